The molecule has 26 heavy (non-hydrogen) atoms. The molecule has 0 aliphatic rings. The van der Waals surface area contributed by atoms with Gasteiger partial charge in [-0.1, -0.05) is 56.3 Å². The monoisotopic (exact) mass is 357 g/mol. The van der Waals surface area contributed by atoms with Crippen LogP contribution in [0.25, 0.3) is 0 Å². The van der Waals surface area contributed by atoms with E-state index >= 15 is 0 Å². The van der Waals surface area contributed by atoms with Gasteiger partial charge in [-0.05, 0) is 24.5 Å². The summed E-state index contributed by atoms with van der Waals surface area (Å²) in [4.78, 5) is 14.4. The highest BCUT2D eigenvalue weighted by Gasteiger charge is 2.17. The second kappa shape index (κ2) is 10.6. The van der Waals surface area contributed by atoms with E-state index in [0.717, 1.165) is 31.5 Å². The summed E-state index contributed by atoms with van der Waals surface area (Å²) in [5, 5.41) is 0. The lowest BCUT2D eigenvalue weighted by molar-refractivity contribution is -0.130. The van der Waals surface area contributed by atoms with Crippen LogP contribution < -0.4 is 4.74 Å². The molecule has 2 rings (SSSR count). The van der Waals surface area contributed by atoms with Crippen molar-refractivity contribution in [3.05, 3.63) is 65.5 Å². The molecule has 0 fully saturated rings. The molecular weight excluding hydrogens is 329 g/mol. The second-order valence-electron chi connectivity index (χ2n) is 6.37. The number of para-hydroxylation sites is 1. The van der Waals surface area contributed by atoms with Crippen molar-refractivity contribution >= 4 is 5.91 Å². The van der Waals surface area contributed by atoms with Crippen molar-refractivity contribution in [3.63, 3.8) is 0 Å². The molecule has 0 aliphatic carbocycles. The summed E-state index contributed by atoms with van der Waals surface area (Å²) < 4.78 is 20.0. The predicted molar refractivity (Wildman–Crippen MR) is 103 cm³/mol. The number of carbonyl (C=O) groups is 1. The number of halogens is 1. The van der Waals surface area contributed by atoms with Crippen molar-refractivity contribution in [2.75, 3.05) is 19.7 Å². The molecule has 1 amide bonds. The minimum Gasteiger partial charge on any atom is -0.490 e. The topological polar surface area (TPSA) is 29.5 Å². The van der Waals surface area contributed by atoms with Crippen molar-refractivity contribution in [1.29, 1.82) is 0 Å². The normalized spacial score (nSPS) is 10.6. The molecule has 0 spiro atoms. The van der Waals surface area contributed by atoms with Crippen molar-refractivity contribution in [2.45, 2.75) is 39.5 Å². The Morgan fingerprint density at radius 1 is 1.00 bits per heavy atom. The van der Waals surface area contributed by atoms with Gasteiger partial charge in [-0.3, -0.25) is 4.79 Å². The number of benzene rings is 2. The molecule has 2 aromatic carbocycles. The third-order valence-corrected chi connectivity index (χ3v) is 4.21. The maximum absolute atomic E-state index is 14.3. The van der Waals surface area contributed by atoms with Gasteiger partial charge in [0.15, 0.2) is 11.6 Å². The number of hydrogen-bond acceptors (Lipinski definition) is 2. The second-order valence-corrected chi connectivity index (χ2v) is 6.37. The number of rotatable bonds is 10. The van der Waals surface area contributed by atoms with Crippen molar-refractivity contribution in [3.8, 4) is 5.75 Å². The molecule has 4 heteroatoms. The van der Waals surface area contributed by atoms with E-state index in [1.807, 2.05) is 35.2 Å². The van der Waals surface area contributed by atoms with Gasteiger partial charge in [0.05, 0.1) is 13.0 Å². The third-order valence-electron chi connectivity index (χ3n) is 4.21. The quantitative estimate of drug-likeness (QED) is 0.620. The van der Waals surface area contributed by atoms with Crippen molar-refractivity contribution in [1.82, 2.24) is 4.90 Å². The van der Waals surface area contributed by atoms with Gasteiger partial charge >= 0.3 is 0 Å². The highest BCUT2D eigenvalue weighted by Crippen LogP contribution is 2.24. The predicted octanol–water partition coefficient (Wildman–Crippen LogP) is 4.64. The van der Waals surface area contributed by atoms with E-state index in [1.54, 1.807) is 12.1 Å². The van der Waals surface area contributed by atoms with Gasteiger partial charge in [0.2, 0.25) is 5.91 Å². The number of amides is 1. The summed E-state index contributed by atoms with van der Waals surface area (Å²) in [5.41, 5.74) is 1.75. The van der Waals surface area contributed by atoms with Gasteiger partial charge in [-0.25, -0.2) is 4.39 Å². The average molecular weight is 357 g/mol. The smallest absolute Gasteiger partial charge is 0.227 e. The fourth-order valence-corrected chi connectivity index (χ4v) is 2.95. The Morgan fingerprint density at radius 3 is 2.35 bits per heavy atom. The molecule has 3 nitrogen and oxygen atoms in total. The lowest BCUT2D eigenvalue weighted by Gasteiger charge is -2.22. The molecule has 0 radical (unpaired) electrons. The first-order valence-corrected chi connectivity index (χ1v) is 9.37. The largest absolute Gasteiger partial charge is 0.490 e. The molecule has 0 N–H and O–H groups in total. The van der Waals surface area contributed by atoms with Crippen LogP contribution in [0.15, 0.2) is 48.5 Å². The first-order chi connectivity index (χ1) is 12.7. The Morgan fingerprint density at radius 2 is 1.69 bits per heavy atom. The third kappa shape index (κ3) is 5.87. The van der Waals surface area contributed by atoms with Crippen LogP contribution >= 0.6 is 0 Å². The van der Waals surface area contributed by atoms with Gasteiger partial charge in [0, 0.05) is 25.1 Å². The average Bonchev–Trinajstić information content (AvgIpc) is 2.64. The highest BCUT2D eigenvalue weighted by molar-refractivity contribution is 5.79. The fourth-order valence-electron chi connectivity index (χ4n) is 2.95. The van der Waals surface area contributed by atoms with Crippen LogP contribution in [0.1, 0.15) is 37.8 Å². The van der Waals surface area contributed by atoms with Gasteiger partial charge in [0.25, 0.3) is 0 Å². The molecule has 0 heterocycles. The SMILES string of the molecule is CCCN(CCC)C(=O)Cc1cccc(F)c1OCCc1ccccc1. The summed E-state index contributed by atoms with van der Waals surface area (Å²) in [5.74, 6) is -0.196. The Balaban J connectivity index is 2.04. The molecule has 0 atom stereocenters. The summed E-state index contributed by atoms with van der Waals surface area (Å²) >= 11 is 0. The molecule has 0 aliphatic heterocycles. The molecule has 0 unspecified atom stereocenters. The van der Waals surface area contributed by atoms with Crippen LogP contribution in [0.2, 0.25) is 0 Å². The van der Waals surface area contributed by atoms with Gasteiger partial charge in [-0.15, -0.1) is 0 Å². The fraction of sp³-hybridized carbons (Fsp3) is 0.409. The number of ether oxygens (including phenoxy) is 1. The van der Waals surface area contributed by atoms with Crippen LogP contribution in [-0.4, -0.2) is 30.5 Å². The maximum Gasteiger partial charge on any atom is 0.227 e. The Kier molecular flexibility index (Phi) is 8.13. The molecule has 0 saturated carbocycles. The molecule has 2 aromatic rings. The lowest BCUT2D eigenvalue weighted by Crippen LogP contribution is -2.33. The zero-order valence-electron chi connectivity index (χ0n) is 15.7. The van der Waals surface area contributed by atoms with Gasteiger partial charge < -0.3 is 9.64 Å². The number of nitrogens with zero attached hydrogens (tertiary/aromatic N) is 1. The van der Waals surface area contributed by atoms with Crippen LogP contribution in [0, 0.1) is 5.82 Å². The molecule has 0 saturated heterocycles. The first-order valence-electron chi connectivity index (χ1n) is 9.37. The number of carbonyl (C=O) groups excluding carboxylic acids is 1. The standard InChI is InChI=1S/C22H28FNO2/c1-3-14-24(15-4-2)21(25)17-19-11-8-12-20(23)22(19)26-16-13-18-9-6-5-7-10-18/h5-12H,3-4,13-17H2,1-2H3. The minimum absolute atomic E-state index is 0.0206. The van der Waals surface area contributed by atoms with E-state index in [1.165, 1.54) is 6.07 Å². The van der Waals surface area contributed by atoms with Crippen LogP contribution in [-0.2, 0) is 17.6 Å². The molecule has 140 valence electrons. The van der Waals surface area contributed by atoms with E-state index in [2.05, 4.69) is 13.8 Å². The first kappa shape index (κ1) is 20.0. The van der Waals surface area contributed by atoms with Crippen molar-refractivity contribution < 1.29 is 13.9 Å². The van der Waals surface area contributed by atoms with Crippen LogP contribution in [0.5, 0.6) is 5.75 Å². The van der Waals surface area contributed by atoms with Crippen LogP contribution in [0.3, 0.4) is 0 Å². The zero-order chi connectivity index (χ0) is 18.8. The number of hydrogen-bond donors (Lipinski definition) is 0. The molecule has 0 bridgehead atoms. The van der Waals surface area contributed by atoms with E-state index in [9.17, 15) is 9.18 Å². The Labute approximate surface area is 155 Å². The van der Waals surface area contributed by atoms with E-state index in [-0.39, 0.29) is 18.1 Å². The van der Waals surface area contributed by atoms with E-state index < -0.39 is 5.82 Å². The Hall–Kier alpha value is -2.36. The zero-order valence-corrected chi connectivity index (χ0v) is 15.7. The van der Waals surface area contributed by atoms with E-state index in [0.29, 0.717) is 18.6 Å². The summed E-state index contributed by atoms with van der Waals surface area (Å²) in [6, 6.07) is 14.7. The minimum atomic E-state index is -0.416. The van der Waals surface area contributed by atoms with Gasteiger partial charge in [-0.2, -0.15) is 0 Å². The maximum atomic E-state index is 14.3. The van der Waals surface area contributed by atoms with Crippen LogP contribution in [0.4, 0.5) is 4.39 Å². The molecule has 0 aromatic heterocycles. The van der Waals surface area contributed by atoms with Crippen molar-refractivity contribution in [2.24, 2.45) is 0 Å². The van der Waals surface area contributed by atoms with Gasteiger partial charge in [0.1, 0.15) is 0 Å². The summed E-state index contributed by atoms with van der Waals surface area (Å²) in [7, 11) is 0. The highest BCUT2D eigenvalue weighted by atomic mass is 19.1. The summed E-state index contributed by atoms with van der Waals surface area (Å²) in [6.45, 7) is 5.94. The Bertz CT molecular complexity index is 682. The summed E-state index contributed by atoms with van der Waals surface area (Å²) in [6.07, 6.45) is 2.68. The lowest BCUT2D eigenvalue weighted by atomic mass is 10.1. The molecular formula is C22H28FNO2. The van der Waals surface area contributed by atoms with E-state index in [4.69, 9.17) is 4.74 Å².